The van der Waals surface area contributed by atoms with Gasteiger partial charge in [-0.1, -0.05) is 6.07 Å². The summed E-state index contributed by atoms with van der Waals surface area (Å²) in [6.45, 7) is 4.52. The van der Waals surface area contributed by atoms with Gasteiger partial charge < -0.3 is 5.32 Å². The number of anilines is 1. The maximum atomic E-state index is 11.8. The minimum Gasteiger partial charge on any atom is -0.351 e. The summed E-state index contributed by atoms with van der Waals surface area (Å²) in [7, 11) is 0. The molecule has 3 heterocycles. The smallest absolute Gasteiger partial charge is 0.252 e. The van der Waals surface area contributed by atoms with Crippen molar-refractivity contribution in [2.75, 3.05) is 5.32 Å². The minimum atomic E-state index is -0.167. The molecule has 3 rings (SSSR count). The van der Waals surface area contributed by atoms with Crippen LogP contribution in [0.25, 0.3) is 10.6 Å². The first-order valence-corrected chi connectivity index (χ1v) is 8.13. The fourth-order valence-electron chi connectivity index (χ4n) is 2.01. The van der Waals surface area contributed by atoms with E-state index in [-0.39, 0.29) is 5.56 Å². The number of aromatic nitrogens is 3. The molecule has 3 aromatic heterocycles. The number of thiazole rings is 1. The van der Waals surface area contributed by atoms with Gasteiger partial charge in [0.05, 0.1) is 27.8 Å². The van der Waals surface area contributed by atoms with Gasteiger partial charge in [0.2, 0.25) is 5.95 Å². The Labute approximate surface area is 129 Å². The Hall–Kier alpha value is -1.99. The second kappa shape index (κ2) is 5.79. The molecule has 5 nitrogen and oxygen atoms in total. The van der Waals surface area contributed by atoms with Gasteiger partial charge in [0.25, 0.3) is 5.56 Å². The average Bonchev–Trinajstić information content (AvgIpc) is 3.05. The van der Waals surface area contributed by atoms with Gasteiger partial charge in [0.1, 0.15) is 0 Å². The van der Waals surface area contributed by atoms with Crippen LogP contribution in [-0.2, 0) is 6.54 Å². The fraction of sp³-hybridized carbons (Fsp3) is 0.214. The summed E-state index contributed by atoms with van der Waals surface area (Å²) in [6, 6.07) is 5.55. The molecule has 0 aromatic carbocycles. The highest BCUT2D eigenvalue weighted by molar-refractivity contribution is 7.15. The number of aromatic amines is 1. The van der Waals surface area contributed by atoms with Crippen molar-refractivity contribution in [1.29, 1.82) is 0 Å². The van der Waals surface area contributed by atoms with E-state index < -0.39 is 0 Å². The van der Waals surface area contributed by atoms with Gasteiger partial charge in [0.15, 0.2) is 0 Å². The zero-order valence-corrected chi connectivity index (χ0v) is 13.3. The SMILES string of the molecule is Cc1nc(C)c(-c2cc(=O)[nH]c(NCc3cccs3)n2)s1. The van der Waals surface area contributed by atoms with E-state index >= 15 is 0 Å². The van der Waals surface area contributed by atoms with Crippen LogP contribution < -0.4 is 10.9 Å². The molecule has 0 atom stereocenters. The molecule has 0 aliphatic rings. The second-order valence-electron chi connectivity index (χ2n) is 4.56. The van der Waals surface area contributed by atoms with E-state index in [9.17, 15) is 4.79 Å². The lowest BCUT2D eigenvalue weighted by molar-refractivity contribution is 1.05. The van der Waals surface area contributed by atoms with Crippen LogP contribution in [0.1, 0.15) is 15.6 Å². The first-order valence-electron chi connectivity index (χ1n) is 6.44. The Balaban J connectivity index is 1.89. The van der Waals surface area contributed by atoms with Crippen molar-refractivity contribution >= 4 is 28.6 Å². The minimum absolute atomic E-state index is 0.167. The molecular formula is C14H14N4OS2. The van der Waals surface area contributed by atoms with Gasteiger partial charge in [-0.05, 0) is 25.3 Å². The van der Waals surface area contributed by atoms with Crippen LogP contribution in [0.4, 0.5) is 5.95 Å². The molecule has 0 saturated carbocycles. The quantitative estimate of drug-likeness (QED) is 0.775. The van der Waals surface area contributed by atoms with E-state index in [1.165, 1.54) is 10.9 Å². The molecule has 0 spiro atoms. The van der Waals surface area contributed by atoms with Crippen LogP contribution in [-0.4, -0.2) is 15.0 Å². The van der Waals surface area contributed by atoms with Crippen LogP contribution in [0, 0.1) is 13.8 Å². The third-order valence-corrected chi connectivity index (χ3v) is 4.86. The molecule has 0 unspecified atom stereocenters. The molecule has 2 N–H and O–H groups in total. The molecular weight excluding hydrogens is 304 g/mol. The summed E-state index contributed by atoms with van der Waals surface area (Å²) in [4.78, 5) is 25.5. The Kier molecular flexibility index (Phi) is 3.85. The molecule has 0 aliphatic heterocycles. The lowest BCUT2D eigenvalue weighted by Crippen LogP contribution is -2.12. The van der Waals surface area contributed by atoms with Gasteiger partial charge in [0, 0.05) is 10.9 Å². The van der Waals surface area contributed by atoms with Gasteiger partial charge in [-0.15, -0.1) is 22.7 Å². The number of hydrogen-bond donors (Lipinski definition) is 2. The predicted molar refractivity (Wildman–Crippen MR) is 87.1 cm³/mol. The molecule has 0 radical (unpaired) electrons. The number of thiophene rings is 1. The zero-order chi connectivity index (χ0) is 14.8. The predicted octanol–water partition coefficient (Wildman–Crippen LogP) is 3.18. The third-order valence-electron chi connectivity index (χ3n) is 2.89. The summed E-state index contributed by atoms with van der Waals surface area (Å²) < 4.78 is 0. The Morgan fingerprint density at radius 1 is 1.33 bits per heavy atom. The highest BCUT2D eigenvalue weighted by Crippen LogP contribution is 2.27. The molecule has 0 aliphatic carbocycles. The van der Waals surface area contributed by atoms with Gasteiger partial charge in [-0.25, -0.2) is 9.97 Å². The van der Waals surface area contributed by atoms with Gasteiger partial charge in [-0.3, -0.25) is 9.78 Å². The summed E-state index contributed by atoms with van der Waals surface area (Å²) >= 11 is 3.21. The van der Waals surface area contributed by atoms with Crippen molar-refractivity contribution in [2.24, 2.45) is 0 Å². The zero-order valence-electron chi connectivity index (χ0n) is 11.6. The molecule has 0 amide bonds. The molecule has 108 valence electrons. The van der Waals surface area contributed by atoms with Crippen LogP contribution in [0.5, 0.6) is 0 Å². The van der Waals surface area contributed by atoms with Crippen LogP contribution in [0.3, 0.4) is 0 Å². The Bertz CT molecular complexity index is 805. The number of rotatable bonds is 4. The van der Waals surface area contributed by atoms with Crippen LogP contribution in [0.2, 0.25) is 0 Å². The number of nitrogens with one attached hydrogen (secondary N) is 2. The van der Waals surface area contributed by atoms with Crippen LogP contribution >= 0.6 is 22.7 Å². The molecule has 7 heteroatoms. The van der Waals surface area contributed by atoms with Crippen molar-refractivity contribution in [3.05, 3.63) is 49.5 Å². The number of hydrogen-bond acceptors (Lipinski definition) is 6. The standard InChI is InChI=1S/C14H14N4OS2/c1-8-13(21-9(2)16-8)11-6-12(19)18-14(17-11)15-7-10-4-3-5-20-10/h3-6H,7H2,1-2H3,(H2,15,17,18,19). The van der Waals surface area contributed by atoms with E-state index in [2.05, 4.69) is 20.3 Å². The first kappa shape index (κ1) is 14.0. The second-order valence-corrected chi connectivity index (χ2v) is 6.80. The Morgan fingerprint density at radius 3 is 2.86 bits per heavy atom. The molecule has 0 bridgehead atoms. The van der Waals surface area contributed by atoms with Crippen molar-refractivity contribution in [3.8, 4) is 10.6 Å². The van der Waals surface area contributed by atoms with E-state index in [1.54, 1.807) is 22.7 Å². The number of nitrogens with zero attached hydrogens (tertiary/aromatic N) is 2. The highest BCUT2D eigenvalue weighted by atomic mass is 32.1. The molecule has 3 aromatic rings. The highest BCUT2D eigenvalue weighted by Gasteiger charge is 2.11. The van der Waals surface area contributed by atoms with E-state index in [0.717, 1.165) is 15.6 Å². The van der Waals surface area contributed by atoms with E-state index in [1.807, 2.05) is 31.4 Å². The maximum absolute atomic E-state index is 11.8. The maximum Gasteiger partial charge on any atom is 0.252 e. The topological polar surface area (TPSA) is 70.7 Å². The van der Waals surface area contributed by atoms with Crippen molar-refractivity contribution < 1.29 is 0 Å². The largest absolute Gasteiger partial charge is 0.351 e. The van der Waals surface area contributed by atoms with Crippen molar-refractivity contribution in [3.63, 3.8) is 0 Å². The molecule has 0 saturated heterocycles. The third kappa shape index (κ3) is 3.20. The summed E-state index contributed by atoms with van der Waals surface area (Å²) in [5, 5.41) is 6.14. The monoisotopic (exact) mass is 318 g/mol. The van der Waals surface area contributed by atoms with Crippen molar-refractivity contribution in [2.45, 2.75) is 20.4 Å². The summed E-state index contributed by atoms with van der Waals surface area (Å²) in [6.07, 6.45) is 0. The summed E-state index contributed by atoms with van der Waals surface area (Å²) in [5.41, 5.74) is 1.40. The summed E-state index contributed by atoms with van der Waals surface area (Å²) in [5.74, 6) is 0.483. The van der Waals surface area contributed by atoms with E-state index in [4.69, 9.17) is 0 Å². The normalized spacial score (nSPS) is 10.8. The average molecular weight is 318 g/mol. The van der Waals surface area contributed by atoms with Gasteiger partial charge in [-0.2, -0.15) is 0 Å². The van der Waals surface area contributed by atoms with E-state index in [0.29, 0.717) is 18.2 Å². The first-order chi connectivity index (χ1) is 10.1. The molecule has 0 fully saturated rings. The lowest BCUT2D eigenvalue weighted by atomic mass is 10.3. The fourth-order valence-corrected chi connectivity index (χ4v) is 3.54. The lowest BCUT2D eigenvalue weighted by Gasteiger charge is -2.05. The Morgan fingerprint density at radius 2 is 2.19 bits per heavy atom. The number of H-pyrrole nitrogens is 1. The van der Waals surface area contributed by atoms with Gasteiger partial charge >= 0.3 is 0 Å². The van der Waals surface area contributed by atoms with Crippen molar-refractivity contribution in [1.82, 2.24) is 15.0 Å². The molecule has 21 heavy (non-hydrogen) atoms. The number of aryl methyl sites for hydroxylation is 2. The van der Waals surface area contributed by atoms with Crippen LogP contribution in [0.15, 0.2) is 28.4 Å².